The SMILES string of the molecule is CCOC(=O)C(=CO)OCc1ccccc1. The van der Waals surface area contributed by atoms with Crippen LogP contribution in [-0.4, -0.2) is 17.7 Å². The van der Waals surface area contributed by atoms with Gasteiger partial charge in [0.1, 0.15) is 12.9 Å². The predicted octanol–water partition coefficient (Wildman–Crippen LogP) is 2.17. The molecule has 1 aromatic rings. The molecule has 0 heterocycles. The molecule has 0 spiro atoms. The minimum atomic E-state index is -0.666. The summed E-state index contributed by atoms with van der Waals surface area (Å²) < 4.78 is 9.82. The van der Waals surface area contributed by atoms with E-state index in [1.807, 2.05) is 30.3 Å². The standard InChI is InChI=1S/C12H14O4/c1-2-15-12(14)11(8-13)16-9-10-6-4-3-5-7-10/h3-8,13H,2,9H2,1H3. The Morgan fingerprint density at radius 2 is 2.00 bits per heavy atom. The van der Waals surface area contributed by atoms with Crippen molar-refractivity contribution in [3.8, 4) is 0 Å². The van der Waals surface area contributed by atoms with Gasteiger partial charge in [-0.3, -0.25) is 0 Å². The van der Waals surface area contributed by atoms with E-state index in [-0.39, 0.29) is 19.0 Å². The summed E-state index contributed by atoms with van der Waals surface area (Å²) in [5.74, 6) is -0.855. The van der Waals surface area contributed by atoms with Crippen LogP contribution < -0.4 is 0 Å². The molecule has 0 saturated carbocycles. The first-order valence-corrected chi connectivity index (χ1v) is 4.96. The second kappa shape index (κ2) is 6.50. The van der Waals surface area contributed by atoms with Gasteiger partial charge < -0.3 is 14.6 Å². The molecule has 0 aromatic heterocycles. The van der Waals surface area contributed by atoms with E-state index in [9.17, 15) is 4.79 Å². The van der Waals surface area contributed by atoms with Crippen LogP contribution in [-0.2, 0) is 20.9 Å². The molecule has 0 atom stereocenters. The zero-order valence-corrected chi connectivity index (χ0v) is 9.05. The highest BCUT2D eigenvalue weighted by Crippen LogP contribution is 2.06. The van der Waals surface area contributed by atoms with Crippen LogP contribution in [0.5, 0.6) is 0 Å². The highest BCUT2D eigenvalue weighted by molar-refractivity contribution is 5.85. The molecule has 4 nitrogen and oxygen atoms in total. The van der Waals surface area contributed by atoms with E-state index in [0.717, 1.165) is 5.56 Å². The number of carbonyl (C=O) groups is 1. The lowest BCUT2D eigenvalue weighted by Crippen LogP contribution is -2.10. The molecule has 16 heavy (non-hydrogen) atoms. The molecule has 4 heteroatoms. The molecule has 0 radical (unpaired) electrons. The second-order valence-electron chi connectivity index (χ2n) is 2.99. The topological polar surface area (TPSA) is 55.8 Å². The van der Waals surface area contributed by atoms with E-state index in [4.69, 9.17) is 14.6 Å². The average Bonchev–Trinajstić information content (AvgIpc) is 2.31. The summed E-state index contributed by atoms with van der Waals surface area (Å²) in [6.07, 6.45) is 0.612. The lowest BCUT2D eigenvalue weighted by atomic mass is 10.2. The van der Waals surface area contributed by atoms with Gasteiger partial charge in [0, 0.05) is 0 Å². The van der Waals surface area contributed by atoms with Gasteiger partial charge >= 0.3 is 5.97 Å². The van der Waals surface area contributed by atoms with E-state index >= 15 is 0 Å². The van der Waals surface area contributed by atoms with Crippen molar-refractivity contribution in [3.05, 3.63) is 47.9 Å². The van der Waals surface area contributed by atoms with E-state index in [0.29, 0.717) is 6.26 Å². The number of rotatable bonds is 5. The molecule has 86 valence electrons. The van der Waals surface area contributed by atoms with Crippen molar-refractivity contribution in [1.82, 2.24) is 0 Å². The number of benzene rings is 1. The third-order valence-electron chi connectivity index (χ3n) is 1.83. The van der Waals surface area contributed by atoms with Crippen LogP contribution in [0.3, 0.4) is 0 Å². The number of hydrogen-bond acceptors (Lipinski definition) is 4. The Balaban J connectivity index is 2.50. The molecule has 0 aliphatic carbocycles. The molecule has 0 aliphatic rings. The summed E-state index contributed by atoms with van der Waals surface area (Å²) in [6, 6.07) is 9.34. The van der Waals surface area contributed by atoms with Crippen molar-refractivity contribution < 1.29 is 19.4 Å². The smallest absolute Gasteiger partial charge is 0.376 e. The van der Waals surface area contributed by atoms with Crippen LogP contribution in [0.2, 0.25) is 0 Å². The van der Waals surface area contributed by atoms with Gasteiger partial charge in [0.05, 0.1) is 6.61 Å². The molecular weight excluding hydrogens is 208 g/mol. The van der Waals surface area contributed by atoms with Gasteiger partial charge in [-0.05, 0) is 12.5 Å². The van der Waals surface area contributed by atoms with Gasteiger partial charge in [-0.1, -0.05) is 30.3 Å². The fourth-order valence-electron chi connectivity index (χ4n) is 1.09. The summed E-state index contributed by atoms with van der Waals surface area (Å²) in [6.45, 7) is 2.14. The van der Waals surface area contributed by atoms with Crippen molar-refractivity contribution in [2.24, 2.45) is 0 Å². The number of ether oxygens (including phenoxy) is 2. The maximum Gasteiger partial charge on any atom is 0.376 e. The minimum Gasteiger partial charge on any atom is -0.511 e. The van der Waals surface area contributed by atoms with Gasteiger partial charge in [-0.25, -0.2) is 4.79 Å². The number of carbonyl (C=O) groups excluding carboxylic acids is 1. The maximum absolute atomic E-state index is 11.2. The lowest BCUT2D eigenvalue weighted by Gasteiger charge is -2.08. The Kier molecular flexibility index (Phi) is 4.92. The Labute approximate surface area is 94.1 Å². The van der Waals surface area contributed by atoms with Crippen LogP contribution in [0.4, 0.5) is 0 Å². The molecule has 0 bridgehead atoms. The lowest BCUT2D eigenvalue weighted by molar-refractivity contribution is -0.143. The van der Waals surface area contributed by atoms with Gasteiger partial charge in [-0.2, -0.15) is 0 Å². The molecule has 1 aromatic carbocycles. The number of aliphatic hydroxyl groups excluding tert-OH is 1. The quantitative estimate of drug-likeness (QED) is 0.471. The highest BCUT2D eigenvalue weighted by Gasteiger charge is 2.12. The molecule has 0 amide bonds. The Bertz CT molecular complexity index is 357. The molecule has 0 saturated heterocycles. The number of esters is 1. The maximum atomic E-state index is 11.2. The molecule has 1 rings (SSSR count). The van der Waals surface area contributed by atoms with Gasteiger partial charge in [0.15, 0.2) is 0 Å². The third-order valence-corrected chi connectivity index (χ3v) is 1.83. The van der Waals surface area contributed by atoms with Crippen LogP contribution in [0.15, 0.2) is 42.4 Å². The first-order valence-electron chi connectivity index (χ1n) is 4.96. The van der Waals surface area contributed by atoms with Crippen LogP contribution in [0.25, 0.3) is 0 Å². The number of aliphatic hydroxyl groups is 1. The van der Waals surface area contributed by atoms with Crippen LogP contribution >= 0.6 is 0 Å². The van der Waals surface area contributed by atoms with Crippen LogP contribution in [0.1, 0.15) is 12.5 Å². The predicted molar refractivity (Wildman–Crippen MR) is 58.6 cm³/mol. The summed E-state index contributed by atoms with van der Waals surface area (Å²) in [4.78, 5) is 11.2. The number of hydrogen-bond donors (Lipinski definition) is 1. The zero-order chi connectivity index (χ0) is 11.8. The first-order chi connectivity index (χ1) is 7.77. The third kappa shape index (κ3) is 3.65. The average molecular weight is 222 g/mol. The monoisotopic (exact) mass is 222 g/mol. The normalized spacial score (nSPS) is 10.9. The van der Waals surface area contributed by atoms with E-state index in [2.05, 4.69) is 0 Å². The van der Waals surface area contributed by atoms with Crippen molar-refractivity contribution in [3.63, 3.8) is 0 Å². The van der Waals surface area contributed by atoms with Crippen LogP contribution in [0, 0.1) is 0 Å². The van der Waals surface area contributed by atoms with E-state index < -0.39 is 5.97 Å². The molecule has 0 fully saturated rings. The summed E-state index contributed by atoms with van der Waals surface area (Å²) in [7, 11) is 0. The molecule has 0 unspecified atom stereocenters. The minimum absolute atomic E-state index is 0.189. The Morgan fingerprint density at radius 1 is 1.31 bits per heavy atom. The Hall–Kier alpha value is -1.97. The summed E-state index contributed by atoms with van der Waals surface area (Å²) in [5, 5.41) is 8.81. The highest BCUT2D eigenvalue weighted by atomic mass is 16.6. The molecule has 1 N–H and O–H groups in total. The summed E-state index contributed by atoms with van der Waals surface area (Å²) in [5.41, 5.74) is 0.908. The van der Waals surface area contributed by atoms with Gasteiger partial charge in [0.2, 0.25) is 5.76 Å². The largest absolute Gasteiger partial charge is 0.511 e. The van der Waals surface area contributed by atoms with Crippen molar-refractivity contribution in [2.45, 2.75) is 13.5 Å². The Morgan fingerprint density at radius 3 is 2.56 bits per heavy atom. The molecule has 0 aliphatic heterocycles. The van der Waals surface area contributed by atoms with E-state index in [1.54, 1.807) is 6.92 Å². The summed E-state index contributed by atoms with van der Waals surface area (Å²) >= 11 is 0. The first kappa shape index (κ1) is 12.1. The second-order valence-corrected chi connectivity index (χ2v) is 2.99. The fraction of sp³-hybridized carbons (Fsp3) is 0.250. The van der Waals surface area contributed by atoms with Gasteiger partial charge in [-0.15, -0.1) is 0 Å². The molecular formula is C12H14O4. The van der Waals surface area contributed by atoms with E-state index in [1.165, 1.54) is 0 Å². The van der Waals surface area contributed by atoms with Crippen molar-refractivity contribution in [2.75, 3.05) is 6.61 Å². The van der Waals surface area contributed by atoms with Crippen molar-refractivity contribution in [1.29, 1.82) is 0 Å². The van der Waals surface area contributed by atoms with Crippen molar-refractivity contribution >= 4 is 5.97 Å². The zero-order valence-electron chi connectivity index (χ0n) is 9.05. The van der Waals surface area contributed by atoms with Gasteiger partial charge in [0.25, 0.3) is 0 Å². The fourth-order valence-corrected chi connectivity index (χ4v) is 1.09.